The zero-order chi connectivity index (χ0) is 14.1. The topological polar surface area (TPSA) is 21.3 Å². The summed E-state index contributed by atoms with van der Waals surface area (Å²) in [5.74, 6) is 1.71. The van der Waals surface area contributed by atoms with Crippen LogP contribution in [0, 0.1) is 12.8 Å². The molecule has 1 N–H and O–H groups in total. The van der Waals surface area contributed by atoms with E-state index in [4.69, 9.17) is 4.74 Å². The fourth-order valence-electron chi connectivity index (χ4n) is 2.24. The third-order valence-electron chi connectivity index (χ3n) is 3.16. The smallest absolute Gasteiger partial charge is 0.119 e. The van der Waals surface area contributed by atoms with Crippen LogP contribution in [0.3, 0.4) is 0 Å². The minimum atomic E-state index is 0.574. The van der Waals surface area contributed by atoms with Crippen LogP contribution in [0.15, 0.2) is 24.3 Å². The predicted octanol–water partition coefficient (Wildman–Crippen LogP) is 4.18. The second-order valence-electron chi connectivity index (χ2n) is 5.73. The summed E-state index contributed by atoms with van der Waals surface area (Å²) in [4.78, 5) is 0. The molecule has 0 aliphatic heterocycles. The Morgan fingerprint density at radius 3 is 2.68 bits per heavy atom. The molecule has 1 unspecified atom stereocenters. The summed E-state index contributed by atoms with van der Waals surface area (Å²) in [5.41, 5.74) is 1.25. The van der Waals surface area contributed by atoms with E-state index in [9.17, 15) is 0 Å². The quantitative estimate of drug-likeness (QED) is 0.721. The molecule has 0 saturated carbocycles. The molecule has 0 spiro atoms. The fourth-order valence-corrected chi connectivity index (χ4v) is 2.24. The van der Waals surface area contributed by atoms with Crippen LogP contribution < -0.4 is 10.1 Å². The van der Waals surface area contributed by atoms with Crippen LogP contribution in [0.1, 0.15) is 45.6 Å². The first kappa shape index (κ1) is 16.0. The molecule has 1 atom stereocenters. The molecule has 19 heavy (non-hydrogen) atoms. The molecule has 0 amide bonds. The van der Waals surface area contributed by atoms with Crippen LogP contribution >= 0.6 is 0 Å². The summed E-state index contributed by atoms with van der Waals surface area (Å²) in [5, 5.41) is 3.62. The highest BCUT2D eigenvalue weighted by Gasteiger charge is 2.10. The molecule has 0 aromatic heterocycles. The zero-order valence-corrected chi connectivity index (χ0v) is 12.9. The molecule has 108 valence electrons. The van der Waals surface area contributed by atoms with E-state index in [0.717, 1.165) is 31.2 Å². The van der Waals surface area contributed by atoms with Gasteiger partial charge in [-0.05, 0) is 56.3 Å². The second kappa shape index (κ2) is 8.98. The lowest BCUT2D eigenvalue weighted by molar-refractivity contribution is 0.272. The number of benzene rings is 1. The van der Waals surface area contributed by atoms with Crippen molar-refractivity contribution in [2.75, 3.05) is 13.2 Å². The van der Waals surface area contributed by atoms with Gasteiger partial charge in [-0.2, -0.15) is 0 Å². The Morgan fingerprint density at radius 2 is 2.05 bits per heavy atom. The van der Waals surface area contributed by atoms with Gasteiger partial charge in [-0.15, -0.1) is 0 Å². The van der Waals surface area contributed by atoms with Gasteiger partial charge in [0.15, 0.2) is 0 Å². The largest absolute Gasteiger partial charge is 0.494 e. The molecule has 0 aliphatic rings. The van der Waals surface area contributed by atoms with E-state index in [1.807, 2.05) is 12.1 Å². The van der Waals surface area contributed by atoms with Crippen molar-refractivity contribution < 1.29 is 4.74 Å². The van der Waals surface area contributed by atoms with Gasteiger partial charge in [0.05, 0.1) is 6.61 Å². The maximum absolute atomic E-state index is 5.84. The van der Waals surface area contributed by atoms with Crippen molar-refractivity contribution in [1.29, 1.82) is 0 Å². The summed E-state index contributed by atoms with van der Waals surface area (Å²) in [6.45, 7) is 10.8. The lowest BCUT2D eigenvalue weighted by atomic mass is 10.0. The molecule has 0 saturated heterocycles. The van der Waals surface area contributed by atoms with E-state index >= 15 is 0 Å². The second-order valence-corrected chi connectivity index (χ2v) is 5.73. The summed E-state index contributed by atoms with van der Waals surface area (Å²) in [6.07, 6.45) is 3.48. The lowest BCUT2D eigenvalue weighted by Crippen LogP contribution is -2.32. The van der Waals surface area contributed by atoms with Crippen molar-refractivity contribution in [3.63, 3.8) is 0 Å². The van der Waals surface area contributed by atoms with Crippen LogP contribution in [0.25, 0.3) is 0 Å². The number of ether oxygens (including phenoxy) is 1. The average Bonchev–Trinajstić information content (AvgIpc) is 2.35. The molecule has 0 radical (unpaired) electrons. The SMILES string of the molecule is CCCNC(CCOc1cccc(C)c1)CC(C)C. The van der Waals surface area contributed by atoms with Gasteiger partial charge >= 0.3 is 0 Å². The monoisotopic (exact) mass is 263 g/mol. The zero-order valence-electron chi connectivity index (χ0n) is 12.9. The predicted molar refractivity (Wildman–Crippen MR) is 82.8 cm³/mol. The highest BCUT2D eigenvalue weighted by molar-refractivity contribution is 5.27. The molecular weight excluding hydrogens is 234 g/mol. The van der Waals surface area contributed by atoms with Crippen LogP contribution in [-0.4, -0.2) is 19.2 Å². The summed E-state index contributed by atoms with van der Waals surface area (Å²) >= 11 is 0. The van der Waals surface area contributed by atoms with Crippen molar-refractivity contribution in [2.24, 2.45) is 5.92 Å². The molecule has 2 heteroatoms. The molecule has 1 aromatic carbocycles. The first-order valence-corrected chi connectivity index (χ1v) is 7.54. The van der Waals surface area contributed by atoms with E-state index in [2.05, 4.69) is 45.1 Å². The van der Waals surface area contributed by atoms with Gasteiger partial charge in [0.25, 0.3) is 0 Å². The van der Waals surface area contributed by atoms with Gasteiger partial charge in [0, 0.05) is 6.04 Å². The Bertz CT molecular complexity index is 349. The van der Waals surface area contributed by atoms with Gasteiger partial charge in [-0.3, -0.25) is 0 Å². The standard InChI is InChI=1S/C17H29NO/c1-5-10-18-16(12-14(2)3)9-11-19-17-8-6-7-15(4)13-17/h6-8,13-14,16,18H,5,9-12H2,1-4H3. The van der Waals surface area contributed by atoms with Crippen LogP contribution in [0.2, 0.25) is 0 Å². The molecule has 0 bridgehead atoms. The van der Waals surface area contributed by atoms with Gasteiger partial charge in [0.1, 0.15) is 5.75 Å². The van der Waals surface area contributed by atoms with Gasteiger partial charge < -0.3 is 10.1 Å². The normalized spacial score (nSPS) is 12.7. The Hall–Kier alpha value is -1.02. The summed E-state index contributed by atoms with van der Waals surface area (Å²) in [6, 6.07) is 8.84. The third-order valence-corrected chi connectivity index (χ3v) is 3.16. The summed E-state index contributed by atoms with van der Waals surface area (Å²) in [7, 11) is 0. The van der Waals surface area contributed by atoms with E-state index < -0.39 is 0 Å². The van der Waals surface area contributed by atoms with Crippen molar-refractivity contribution in [3.8, 4) is 5.75 Å². The van der Waals surface area contributed by atoms with Crippen molar-refractivity contribution in [1.82, 2.24) is 5.32 Å². The highest BCUT2D eigenvalue weighted by atomic mass is 16.5. The molecule has 0 fully saturated rings. The van der Waals surface area contributed by atoms with E-state index in [1.54, 1.807) is 0 Å². The summed E-state index contributed by atoms with van der Waals surface area (Å²) < 4.78 is 5.84. The van der Waals surface area contributed by atoms with E-state index in [-0.39, 0.29) is 0 Å². The Balaban J connectivity index is 2.34. The molecule has 0 aliphatic carbocycles. The van der Waals surface area contributed by atoms with E-state index in [1.165, 1.54) is 18.4 Å². The molecule has 1 rings (SSSR count). The number of hydrogen-bond acceptors (Lipinski definition) is 2. The van der Waals surface area contributed by atoms with Crippen LogP contribution in [0.5, 0.6) is 5.75 Å². The Labute approximate surface area is 118 Å². The van der Waals surface area contributed by atoms with Crippen LogP contribution in [-0.2, 0) is 0 Å². The highest BCUT2D eigenvalue weighted by Crippen LogP contribution is 2.14. The number of nitrogens with one attached hydrogen (secondary N) is 1. The molecule has 2 nitrogen and oxygen atoms in total. The first-order valence-electron chi connectivity index (χ1n) is 7.54. The maximum Gasteiger partial charge on any atom is 0.119 e. The van der Waals surface area contributed by atoms with E-state index in [0.29, 0.717) is 6.04 Å². The lowest BCUT2D eigenvalue weighted by Gasteiger charge is -2.20. The maximum atomic E-state index is 5.84. The third kappa shape index (κ3) is 7.22. The molecular formula is C17H29NO. The first-order chi connectivity index (χ1) is 9.11. The van der Waals surface area contributed by atoms with Gasteiger partial charge in [-0.25, -0.2) is 0 Å². The van der Waals surface area contributed by atoms with Gasteiger partial charge in [0.2, 0.25) is 0 Å². The van der Waals surface area contributed by atoms with Crippen LogP contribution in [0.4, 0.5) is 0 Å². The van der Waals surface area contributed by atoms with Crippen molar-refractivity contribution in [2.45, 2.75) is 53.0 Å². The van der Waals surface area contributed by atoms with Crippen molar-refractivity contribution in [3.05, 3.63) is 29.8 Å². The number of aryl methyl sites for hydroxylation is 1. The Kier molecular flexibility index (Phi) is 7.57. The minimum Gasteiger partial charge on any atom is -0.494 e. The number of rotatable bonds is 9. The minimum absolute atomic E-state index is 0.574. The number of hydrogen-bond donors (Lipinski definition) is 1. The average molecular weight is 263 g/mol. The molecule has 1 aromatic rings. The fraction of sp³-hybridized carbons (Fsp3) is 0.647. The Morgan fingerprint density at radius 1 is 1.26 bits per heavy atom. The van der Waals surface area contributed by atoms with Crippen molar-refractivity contribution >= 4 is 0 Å². The molecule has 0 heterocycles. The van der Waals surface area contributed by atoms with Gasteiger partial charge in [-0.1, -0.05) is 32.9 Å².